The second-order valence-corrected chi connectivity index (χ2v) is 7.80. The summed E-state index contributed by atoms with van der Waals surface area (Å²) in [6, 6.07) is 18.4. The Balaban J connectivity index is 1.83. The first-order valence-electron chi connectivity index (χ1n) is 10.1. The zero-order valence-corrected chi connectivity index (χ0v) is 19.2. The summed E-state index contributed by atoms with van der Waals surface area (Å²) >= 11 is 5.39. The summed E-state index contributed by atoms with van der Waals surface area (Å²) in [5.74, 6) is 0.0302. The Morgan fingerprint density at radius 2 is 1.70 bits per heavy atom. The highest BCUT2D eigenvalue weighted by Crippen LogP contribution is 2.29. The van der Waals surface area contributed by atoms with Crippen LogP contribution in [0.15, 0.2) is 66.7 Å². The van der Waals surface area contributed by atoms with E-state index in [0.29, 0.717) is 17.0 Å². The van der Waals surface area contributed by atoms with Crippen molar-refractivity contribution in [2.24, 2.45) is 0 Å². The third-order valence-corrected chi connectivity index (χ3v) is 5.18. The molecule has 170 valence electrons. The van der Waals surface area contributed by atoms with Gasteiger partial charge in [-0.25, -0.2) is 0 Å². The molecule has 9 heteroatoms. The van der Waals surface area contributed by atoms with Crippen molar-refractivity contribution in [3.05, 3.63) is 93.5 Å². The van der Waals surface area contributed by atoms with Gasteiger partial charge in [-0.05, 0) is 55.4 Å². The molecule has 0 bridgehead atoms. The van der Waals surface area contributed by atoms with E-state index in [1.165, 1.54) is 19.2 Å². The van der Waals surface area contributed by atoms with Gasteiger partial charge in [0.25, 0.3) is 11.6 Å². The largest absolute Gasteiger partial charge is 0.496 e. The van der Waals surface area contributed by atoms with E-state index in [4.69, 9.17) is 17.0 Å². The first kappa shape index (κ1) is 23.7. The summed E-state index contributed by atoms with van der Waals surface area (Å²) in [5, 5.41) is 20.3. The average molecular weight is 465 g/mol. The van der Waals surface area contributed by atoms with Gasteiger partial charge in [0.2, 0.25) is 0 Å². The smallest absolute Gasteiger partial charge is 0.296 e. The molecule has 3 aromatic rings. The average Bonchev–Trinajstić information content (AvgIpc) is 2.80. The van der Waals surface area contributed by atoms with Gasteiger partial charge in [-0.3, -0.25) is 14.9 Å². The van der Waals surface area contributed by atoms with E-state index in [-0.39, 0.29) is 22.4 Å². The predicted molar refractivity (Wildman–Crippen MR) is 133 cm³/mol. The third-order valence-electron chi connectivity index (χ3n) is 4.96. The van der Waals surface area contributed by atoms with E-state index in [0.717, 1.165) is 11.1 Å². The number of nitro benzene ring substituents is 1. The fourth-order valence-electron chi connectivity index (χ4n) is 3.29. The van der Waals surface area contributed by atoms with E-state index in [1.807, 2.05) is 50.2 Å². The number of amides is 1. The SMILES string of the molecule is COc1ccc(NC(=S)NC(C(=O)Nc2ccc(C)cc2C)c2ccccc2)c([N+](=O)[O-])c1. The topological polar surface area (TPSA) is 106 Å². The van der Waals surface area contributed by atoms with E-state index >= 15 is 0 Å². The van der Waals surface area contributed by atoms with Crippen LogP contribution < -0.4 is 20.7 Å². The minimum atomic E-state index is -0.829. The van der Waals surface area contributed by atoms with Gasteiger partial charge in [-0.1, -0.05) is 48.0 Å². The number of nitro groups is 1. The van der Waals surface area contributed by atoms with Gasteiger partial charge in [0.15, 0.2) is 5.11 Å². The number of carbonyl (C=O) groups is 1. The molecule has 0 spiro atoms. The lowest BCUT2D eigenvalue weighted by molar-refractivity contribution is -0.384. The summed E-state index contributed by atoms with van der Waals surface area (Å²) in [4.78, 5) is 24.1. The van der Waals surface area contributed by atoms with Crippen molar-refractivity contribution in [1.29, 1.82) is 0 Å². The van der Waals surface area contributed by atoms with Gasteiger partial charge in [-0.15, -0.1) is 0 Å². The Kier molecular flexibility index (Phi) is 7.57. The molecule has 3 aromatic carbocycles. The highest BCUT2D eigenvalue weighted by molar-refractivity contribution is 7.80. The molecule has 0 aromatic heterocycles. The number of ether oxygens (including phenoxy) is 1. The molecule has 0 heterocycles. The Morgan fingerprint density at radius 1 is 1.00 bits per heavy atom. The summed E-state index contributed by atoms with van der Waals surface area (Å²) < 4.78 is 5.06. The molecule has 1 unspecified atom stereocenters. The van der Waals surface area contributed by atoms with Crippen LogP contribution in [-0.2, 0) is 4.79 Å². The monoisotopic (exact) mass is 464 g/mol. The minimum absolute atomic E-state index is 0.0629. The molecule has 8 nitrogen and oxygen atoms in total. The summed E-state index contributed by atoms with van der Waals surface area (Å²) in [7, 11) is 1.43. The Morgan fingerprint density at radius 3 is 2.33 bits per heavy atom. The number of aryl methyl sites for hydroxylation is 2. The number of methoxy groups -OCH3 is 1. The molecule has 3 rings (SSSR count). The highest BCUT2D eigenvalue weighted by atomic mass is 32.1. The van der Waals surface area contributed by atoms with Gasteiger partial charge in [0.05, 0.1) is 18.1 Å². The lowest BCUT2D eigenvalue weighted by Crippen LogP contribution is -2.39. The maximum atomic E-state index is 13.2. The summed E-state index contributed by atoms with van der Waals surface area (Å²) in [6.07, 6.45) is 0. The Hall–Kier alpha value is -3.98. The fourth-order valence-corrected chi connectivity index (χ4v) is 3.52. The molecular formula is C24H24N4O4S. The van der Waals surface area contributed by atoms with Crippen molar-refractivity contribution >= 4 is 40.3 Å². The molecular weight excluding hydrogens is 440 g/mol. The lowest BCUT2D eigenvalue weighted by Gasteiger charge is -2.21. The number of nitrogens with zero attached hydrogens (tertiary/aromatic N) is 1. The second kappa shape index (κ2) is 10.6. The highest BCUT2D eigenvalue weighted by Gasteiger charge is 2.23. The van der Waals surface area contributed by atoms with Crippen molar-refractivity contribution < 1.29 is 14.5 Å². The minimum Gasteiger partial charge on any atom is -0.496 e. The normalized spacial score (nSPS) is 11.2. The van der Waals surface area contributed by atoms with Crippen molar-refractivity contribution in [1.82, 2.24) is 5.32 Å². The molecule has 0 radical (unpaired) electrons. The van der Waals surface area contributed by atoms with Gasteiger partial charge >= 0.3 is 0 Å². The number of benzene rings is 3. The fraction of sp³-hybridized carbons (Fsp3) is 0.167. The Labute approximate surface area is 197 Å². The number of nitrogens with one attached hydrogen (secondary N) is 3. The van der Waals surface area contributed by atoms with Crippen LogP contribution in [0.4, 0.5) is 17.1 Å². The Bertz CT molecular complexity index is 1180. The molecule has 0 aliphatic heterocycles. The molecule has 0 saturated carbocycles. The van der Waals surface area contributed by atoms with Gasteiger partial charge < -0.3 is 20.7 Å². The molecule has 0 aliphatic rings. The molecule has 3 N–H and O–H groups in total. The standard InChI is InChI=1S/C24H24N4O4S/c1-15-9-11-19(16(2)13-15)25-23(29)22(17-7-5-4-6-8-17)27-24(33)26-20-12-10-18(32-3)14-21(20)28(30)31/h4-14,22H,1-3H3,(H,25,29)(H2,26,27,33). The van der Waals surface area contributed by atoms with Crippen LogP contribution in [0.5, 0.6) is 5.75 Å². The first-order valence-corrected chi connectivity index (χ1v) is 10.5. The van der Waals surface area contributed by atoms with Crippen LogP contribution >= 0.6 is 12.2 Å². The van der Waals surface area contributed by atoms with Gasteiger partial charge in [0, 0.05) is 5.69 Å². The number of hydrogen-bond donors (Lipinski definition) is 3. The predicted octanol–water partition coefficient (Wildman–Crippen LogP) is 4.89. The van der Waals surface area contributed by atoms with Crippen molar-refractivity contribution in [2.75, 3.05) is 17.7 Å². The van der Waals surface area contributed by atoms with E-state index in [1.54, 1.807) is 18.2 Å². The number of rotatable bonds is 7. The maximum Gasteiger partial charge on any atom is 0.296 e. The number of anilines is 2. The van der Waals surface area contributed by atoms with Crippen LogP contribution in [-0.4, -0.2) is 23.1 Å². The van der Waals surface area contributed by atoms with E-state index < -0.39 is 11.0 Å². The third kappa shape index (κ3) is 6.05. The lowest BCUT2D eigenvalue weighted by atomic mass is 10.1. The van der Waals surface area contributed by atoms with E-state index in [2.05, 4.69) is 16.0 Å². The summed E-state index contributed by atoms with van der Waals surface area (Å²) in [5.41, 5.74) is 3.39. The summed E-state index contributed by atoms with van der Waals surface area (Å²) in [6.45, 7) is 3.90. The van der Waals surface area contributed by atoms with Crippen molar-refractivity contribution in [3.8, 4) is 5.75 Å². The van der Waals surface area contributed by atoms with Crippen molar-refractivity contribution in [2.45, 2.75) is 19.9 Å². The molecule has 1 atom stereocenters. The maximum absolute atomic E-state index is 13.2. The van der Waals surface area contributed by atoms with Crippen molar-refractivity contribution in [3.63, 3.8) is 0 Å². The number of hydrogen-bond acceptors (Lipinski definition) is 5. The molecule has 33 heavy (non-hydrogen) atoms. The molecule has 1 amide bonds. The quantitative estimate of drug-likeness (QED) is 0.260. The van der Waals surface area contributed by atoms with Crippen LogP contribution in [0.3, 0.4) is 0 Å². The van der Waals surface area contributed by atoms with Gasteiger partial charge in [0.1, 0.15) is 17.5 Å². The van der Waals surface area contributed by atoms with Crippen LogP contribution in [0, 0.1) is 24.0 Å². The van der Waals surface area contributed by atoms with Gasteiger partial charge in [-0.2, -0.15) is 0 Å². The van der Waals surface area contributed by atoms with Crippen LogP contribution in [0.1, 0.15) is 22.7 Å². The number of thiocarbonyl (C=S) groups is 1. The zero-order chi connectivity index (χ0) is 24.0. The molecule has 0 saturated heterocycles. The molecule has 0 aliphatic carbocycles. The van der Waals surface area contributed by atoms with E-state index in [9.17, 15) is 14.9 Å². The van der Waals surface area contributed by atoms with Crippen LogP contribution in [0.2, 0.25) is 0 Å². The number of carbonyl (C=O) groups excluding carboxylic acids is 1. The molecule has 0 fully saturated rings. The van der Waals surface area contributed by atoms with Crippen LogP contribution in [0.25, 0.3) is 0 Å². The zero-order valence-electron chi connectivity index (χ0n) is 18.4. The first-order chi connectivity index (χ1) is 15.8. The second-order valence-electron chi connectivity index (χ2n) is 7.39.